The molecule has 0 radical (unpaired) electrons. The summed E-state index contributed by atoms with van der Waals surface area (Å²) in [6, 6.07) is 13.8. The van der Waals surface area contributed by atoms with Gasteiger partial charge in [-0.3, -0.25) is 0 Å². The van der Waals surface area contributed by atoms with E-state index in [0.717, 1.165) is 8.95 Å². The highest BCUT2D eigenvalue weighted by Crippen LogP contribution is 2.36. The molecule has 3 rings (SSSR count). The number of unbranched alkanes of at least 4 members (excludes halogenated alkanes) is 5. The Bertz CT molecular complexity index is 791. The highest BCUT2D eigenvalue weighted by atomic mass is 79.9. The lowest BCUT2D eigenvalue weighted by Gasteiger charge is -2.17. The van der Waals surface area contributed by atoms with Gasteiger partial charge in [0.2, 0.25) is 0 Å². The summed E-state index contributed by atoms with van der Waals surface area (Å²) in [7, 11) is 0. The Hall–Kier alpha value is -0.800. The summed E-state index contributed by atoms with van der Waals surface area (Å²) in [5, 5.41) is 2.67. The molecule has 1 aromatic heterocycles. The van der Waals surface area contributed by atoms with Crippen LogP contribution in [0.3, 0.4) is 0 Å². The molecule has 0 N–H and O–H groups in total. The van der Waals surface area contributed by atoms with Crippen LogP contribution in [0.5, 0.6) is 0 Å². The minimum atomic E-state index is 0.522. The van der Waals surface area contributed by atoms with Crippen molar-refractivity contribution in [1.82, 2.24) is 4.57 Å². The monoisotopic (exact) mass is 463 g/mol. The van der Waals surface area contributed by atoms with Crippen LogP contribution in [0.15, 0.2) is 45.3 Å². The van der Waals surface area contributed by atoms with Crippen LogP contribution < -0.4 is 0 Å². The Morgan fingerprint density at radius 2 is 1.32 bits per heavy atom. The zero-order valence-electron chi connectivity index (χ0n) is 15.2. The quantitative estimate of drug-likeness (QED) is 0.294. The van der Waals surface area contributed by atoms with Gasteiger partial charge in [0.1, 0.15) is 0 Å². The van der Waals surface area contributed by atoms with Crippen molar-refractivity contribution >= 4 is 53.7 Å². The van der Waals surface area contributed by atoms with E-state index in [1.165, 1.54) is 66.8 Å². The maximum absolute atomic E-state index is 3.63. The molecule has 0 saturated heterocycles. The van der Waals surface area contributed by atoms with Crippen molar-refractivity contribution in [3.63, 3.8) is 0 Å². The lowest BCUT2D eigenvalue weighted by molar-refractivity contribution is 0.487. The van der Waals surface area contributed by atoms with Crippen LogP contribution in [0.25, 0.3) is 21.8 Å². The van der Waals surface area contributed by atoms with Crippen molar-refractivity contribution in [3.8, 4) is 0 Å². The van der Waals surface area contributed by atoms with Crippen LogP contribution in [0.1, 0.15) is 64.8 Å². The summed E-state index contributed by atoms with van der Waals surface area (Å²) in [6.07, 6.45) is 9.40. The van der Waals surface area contributed by atoms with Gasteiger partial charge in [0, 0.05) is 36.8 Å². The third-order valence-corrected chi connectivity index (χ3v) is 6.13. The molecule has 0 fully saturated rings. The summed E-state index contributed by atoms with van der Waals surface area (Å²) < 4.78 is 4.82. The maximum atomic E-state index is 3.63. The van der Waals surface area contributed by atoms with Crippen LogP contribution in [-0.2, 0) is 0 Å². The van der Waals surface area contributed by atoms with E-state index in [1.807, 2.05) is 0 Å². The third kappa shape index (κ3) is 4.31. The molecule has 0 saturated carbocycles. The van der Waals surface area contributed by atoms with Gasteiger partial charge in [-0.1, -0.05) is 77.3 Å². The summed E-state index contributed by atoms with van der Waals surface area (Å²) in [5.41, 5.74) is 2.68. The third-order valence-electron chi connectivity index (χ3n) is 5.14. The molecule has 1 atom stereocenters. The number of nitrogens with zero attached hydrogens (tertiary/aromatic N) is 1. The SMILES string of the molecule is CCCCCCCCC(C)n1c2ccc(Br)cc2c2cc(Br)ccc21. The normalized spacial score (nSPS) is 13.0. The fourth-order valence-corrected chi connectivity index (χ4v) is 4.54. The first kappa shape index (κ1) is 19.0. The Morgan fingerprint density at radius 3 is 1.88 bits per heavy atom. The highest BCUT2D eigenvalue weighted by molar-refractivity contribution is 9.10. The van der Waals surface area contributed by atoms with Gasteiger partial charge in [-0.2, -0.15) is 0 Å². The molecule has 0 aliphatic carbocycles. The lowest BCUT2D eigenvalue weighted by atomic mass is 10.1. The predicted molar refractivity (Wildman–Crippen MR) is 118 cm³/mol. The molecule has 3 aromatic rings. The summed E-state index contributed by atoms with van der Waals surface area (Å²) in [6.45, 7) is 4.65. The first-order valence-corrected chi connectivity index (χ1v) is 11.1. The standard InChI is InChI=1S/C22H27Br2N/c1-3-4-5-6-7-8-9-16(2)25-21-12-10-17(23)14-19(21)20-15-18(24)11-13-22(20)25/h10-16H,3-9H2,1-2H3. The Morgan fingerprint density at radius 1 is 0.800 bits per heavy atom. The molecule has 1 nitrogen and oxygen atoms in total. The minimum Gasteiger partial charge on any atom is -0.338 e. The number of halogens is 2. The van der Waals surface area contributed by atoms with E-state index in [1.54, 1.807) is 0 Å². The molecule has 0 amide bonds. The number of hydrogen-bond acceptors (Lipinski definition) is 0. The van der Waals surface area contributed by atoms with Crippen LogP contribution >= 0.6 is 31.9 Å². The van der Waals surface area contributed by atoms with E-state index in [0.29, 0.717) is 6.04 Å². The average molecular weight is 465 g/mol. The summed E-state index contributed by atoms with van der Waals surface area (Å²) in [4.78, 5) is 0. The second-order valence-corrected chi connectivity index (χ2v) is 8.93. The van der Waals surface area contributed by atoms with Gasteiger partial charge in [-0.25, -0.2) is 0 Å². The topological polar surface area (TPSA) is 4.93 Å². The fourth-order valence-electron chi connectivity index (χ4n) is 3.82. The summed E-state index contributed by atoms with van der Waals surface area (Å²) in [5.74, 6) is 0. The van der Waals surface area contributed by atoms with Crippen molar-refractivity contribution < 1.29 is 0 Å². The van der Waals surface area contributed by atoms with E-state index in [9.17, 15) is 0 Å². The molecule has 0 bridgehead atoms. The minimum absolute atomic E-state index is 0.522. The van der Waals surface area contributed by atoms with E-state index in [2.05, 4.69) is 86.7 Å². The fraction of sp³-hybridized carbons (Fsp3) is 0.455. The summed E-state index contributed by atoms with van der Waals surface area (Å²) >= 11 is 7.27. The van der Waals surface area contributed by atoms with Gasteiger partial charge in [-0.05, 0) is 49.7 Å². The van der Waals surface area contributed by atoms with Gasteiger partial charge in [0.05, 0.1) is 0 Å². The van der Waals surface area contributed by atoms with Crippen LogP contribution in [0, 0.1) is 0 Å². The molecule has 0 aliphatic rings. The average Bonchev–Trinajstić information content (AvgIpc) is 2.91. The van der Waals surface area contributed by atoms with Crippen molar-refractivity contribution in [2.75, 3.05) is 0 Å². The second-order valence-electron chi connectivity index (χ2n) is 7.10. The smallest absolute Gasteiger partial charge is 0.0494 e. The zero-order chi connectivity index (χ0) is 17.8. The largest absolute Gasteiger partial charge is 0.338 e. The molecule has 3 heteroatoms. The van der Waals surface area contributed by atoms with Crippen molar-refractivity contribution in [3.05, 3.63) is 45.3 Å². The molecular weight excluding hydrogens is 438 g/mol. The first-order valence-electron chi connectivity index (χ1n) is 9.50. The van der Waals surface area contributed by atoms with Crippen LogP contribution in [0.4, 0.5) is 0 Å². The van der Waals surface area contributed by atoms with E-state index in [4.69, 9.17) is 0 Å². The highest BCUT2D eigenvalue weighted by Gasteiger charge is 2.15. The number of hydrogen-bond donors (Lipinski definition) is 0. The Kier molecular flexibility index (Phi) is 6.62. The molecule has 25 heavy (non-hydrogen) atoms. The molecule has 1 heterocycles. The van der Waals surface area contributed by atoms with Gasteiger partial charge in [-0.15, -0.1) is 0 Å². The predicted octanol–water partition coefficient (Wildman–Crippen LogP) is 8.63. The molecule has 0 aliphatic heterocycles. The molecular formula is C22H27Br2N. The van der Waals surface area contributed by atoms with Gasteiger partial charge in [0.25, 0.3) is 0 Å². The van der Waals surface area contributed by atoms with Crippen LogP contribution in [-0.4, -0.2) is 4.57 Å². The number of benzene rings is 2. The van der Waals surface area contributed by atoms with Crippen molar-refractivity contribution in [2.45, 2.75) is 64.8 Å². The van der Waals surface area contributed by atoms with Crippen molar-refractivity contribution in [2.24, 2.45) is 0 Å². The lowest BCUT2D eigenvalue weighted by Crippen LogP contribution is -2.04. The van der Waals surface area contributed by atoms with Crippen LogP contribution in [0.2, 0.25) is 0 Å². The van der Waals surface area contributed by atoms with Gasteiger partial charge in [0.15, 0.2) is 0 Å². The molecule has 134 valence electrons. The van der Waals surface area contributed by atoms with E-state index in [-0.39, 0.29) is 0 Å². The van der Waals surface area contributed by atoms with Gasteiger partial charge < -0.3 is 4.57 Å². The first-order chi connectivity index (χ1) is 12.1. The maximum Gasteiger partial charge on any atom is 0.0494 e. The Labute approximate surface area is 168 Å². The number of rotatable bonds is 8. The molecule has 1 unspecified atom stereocenters. The molecule has 2 aromatic carbocycles. The zero-order valence-corrected chi connectivity index (χ0v) is 18.4. The van der Waals surface area contributed by atoms with Gasteiger partial charge >= 0.3 is 0 Å². The number of aromatic nitrogens is 1. The van der Waals surface area contributed by atoms with E-state index < -0.39 is 0 Å². The Balaban J connectivity index is 1.86. The molecule has 0 spiro atoms. The van der Waals surface area contributed by atoms with Crippen molar-refractivity contribution in [1.29, 1.82) is 0 Å². The number of fused-ring (bicyclic) bond motifs is 3. The van der Waals surface area contributed by atoms with E-state index >= 15 is 0 Å². The second kappa shape index (κ2) is 8.73.